The Morgan fingerprint density at radius 3 is 2.53 bits per heavy atom. The Morgan fingerprint density at radius 2 is 2.00 bits per heavy atom. The number of rotatable bonds is 8. The highest BCUT2D eigenvalue weighted by atomic mass is 16.2. The number of likely N-dealkylation sites (N-methyl/N-ethyl adjacent to an activating group) is 2. The molecule has 0 radical (unpaired) electrons. The average molecular weight is 241 g/mol. The first-order valence-corrected chi connectivity index (χ1v) is 6.42. The molecule has 1 saturated carbocycles. The van der Waals surface area contributed by atoms with Gasteiger partial charge in [-0.1, -0.05) is 0 Å². The Labute approximate surface area is 103 Å². The molecule has 0 aromatic rings. The van der Waals surface area contributed by atoms with E-state index in [1.807, 2.05) is 13.8 Å². The van der Waals surface area contributed by atoms with E-state index in [0.717, 1.165) is 12.5 Å². The predicted octanol–water partition coefficient (Wildman–Crippen LogP) is -0.0294. The molecule has 0 aromatic heterocycles. The van der Waals surface area contributed by atoms with Crippen molar-refractivity contribution in [3.8, 4) is 0 Å². The molecule has 98 valence electrons. The Kier molecular flexibility index (Phi) is 5.97. The van der Waals surface area contributed by atoms with E-state index in [-0.39, 0.29) is 18.4 Å². The topological polar surface area (TPSA) is 61.4 Å². The van der Waals surface area contributed by atoms with Crippen molar-refractivity contribution in [2.75, 3.05) is 32.7 Å². The number of amides is 2. The molecule has 1 aliphatic rings. The lowest BCUT2D eigenvalue weighted by atomic mass is 10.4. The van der Waals surface area contributed by atoms with E-state index in [0.29, 0.717) is 19.6 Å². The largest absolute Gasteiger partial charge is 0.355 e. The minimum absolute atomic E-state index is 0.000553. The molecule has 17 heavy (non-hydrogen) atoms. The van der Waals surface area contributed by atoms with Gasteiger partial charge < -0.3 is 15.5 Å². The van der Waals surface area contributed by atoms with Crippen LogP contribution in [-0.4, -0.2) is 49.4 Å². The zero-order valence-electron chi connectivity index (χ0n) is 10.8. The van der Waals surface area contributed by atoms with Crippen LogP contribution in [0.15, 0.2) is 0 Å². The normalized spacial score (nSPS) is 14.5. The van der Waals surface area contributed by atoms with Gasteiger partial charge in [0.15, 0.2) is 0 Å². The molecule has 2 N–H and O–H groups in total. The Bertz CT molecular complexity index is 264. The van der Waals surface area contributed by atoms with Crippen LogP contribution in [0.25, 0.3) is 0 Å². The third-order valence-corrected chi connectivity index (χ3v) is 2.85. The van der Waals surface area contributed by atoms with E-state index in [4.69, 9.17) is 0 Å². The lowest BCUT2D eigenvalue weighted by Crippen LogP contribution is -2.44. The SMILES string of the molecule is CCNC(=O)CN(CC)C(=O)CNCC1CC1. The molecule has 1 aliphatic carbocycles. The summed E-state index contributed by atoms with van der Waals surface area (Å²) in [6, 6.07) is 0. The Morgan fingerprint density at radius 1 is 1.29 bits per heavy atom. The lowest BCUT2D eigenvalue weighted by molar-refractivity contribution is -0.135. The van der Waals surface area contributed by atoms with Gasteiger partial charge in [0.25, 0.3) is 0 Å². The van der Waals surface area contributed by atoms with Gasteiger partial charge in [-0.2, -0.15) is 0 Å². The molecule has 5 heteroatoms. The van der Waals surface area contributed by atoms with Crippen molar-refractivity contribution >= 4 is 11.8 Å². The first-order valence-electron chi connectivity index (χ1n) is 6.42. The first-order chi connectivity index (χ1) is 8.17. The van der Waals surface area contributed by atoms with Gasteiger partial charge >= 0.3 is 0 Å². The second-order valence-corrected chi connectivity index (χ2v) is 4.44. The molecule has 0 spiro atoms. The van der Waals surface area contributed by atoms with Gasteiger partial charge in [-0.15, -0.1) is 0 Å². The molecule has 0 heterocycles. The number of hydrogen-bond acceptors (Lipinski definition) is 3. The van der Waals surface area contributed by atoms with Crippen LogP contribution < -0.4 is 10.6 Å². The van der Waals surface area contributed by atoms with Crippen LogP contribution in [0.1, 0.15) is 26.7 Å². The van der Waals surface area contributed by atoms with Crippen LogP contribution in [-0.2, 0) is 9.59 Å². The van der Waals surface area contributed by atoms with Crippen LogP contribution in [0.2, 0.25) is 0 Å². The summed E-state index contributed by atoms with van der Waals surface area (Å²) < 4.78 is 0. The van der Waals surface area contributed by atoms with Gasteiger partial charge in [0.05, 0.1) is 13.1 Å². The van der Waals surface area contributed by atoms with E-state index in [9.17, 15) is 9.59 Å². The predicted molar refractivity (Wildman–Crippen MR) is 66.5 cm³/mol. The zero-order valence-corrected chi connectivity index (χ0v) is 10.8. The van der Waals surface area contributed by atoms with Gasteiger partial charge in [0.1, 0.15) is 0 Å². The van der Waals surface area contributed by atoms with Crippen LogP contribution in [0.4, 0.5) is 0 Å². The molecule has 0 unspecified atom stereocenters. The van der Waals surface area contributed by atoms with Crippen LogP contribution >= 0.6 is 0 Å². The molecule has 0 atom stereocenters. The molecule has 0 aromatic carbocycles. The summed E-state index contributed by atoms with van der Waals surface area (Å²) in [6.07, 6.45) is 2.55. The van der Waals surface area contributed by atoms with Crippen molar-refractivity contribution in [3.63, 3.8) is 0 Å². The Balaban J connectivity index is 2.21. The quantitative estimate of drug-likeness (QED) is 0.627. The molecule has 1 rings (SSSR count). The summed E-state index contributed by atoms with van der Waals surface area (Å²) in [4.78, 5) is 24.8. The summed E-state index contributed by atoms with van der Waals surface area (Å²) in [6.45, 7) is 6.35. The van der Waals surface area contributed by atoms with Gasteiger partial charge in [-0.05, 0) is 39.2 Å². The van der Waals surface area contributed by atoms with Gasteiger partial charge in [-0.25, -0.2) is 0 Å². The molecule has 0 saturated heterocycles. The lowest BCUT2D eigenvalue weighted by Gasteiger charge is -2.20. The monoisotopic (exact) mass is 241 g/mol. The number of carbonyl (C=O) groups is 2. The van der Waals surface area contributed by atoms with Crippen LogP contribution in [0.5, 0.6) is 0 Å². The Hall–Kier alpha value is -1.10. The minimum Gasteiger partial charge on any atom is -0.355 e. The van der Waals surface area contributed by atoms with Gasteiger partial charge in [0, 0.05) is 13.1 Å². The van der Waals surface area contributed by atoms with Crippen molar-refractivity contribution in [3.05, 3.63) is 0 Å². The number of hydrogen-bond donors (Lipinski definition) is 2. The molecule has 0 bridgehead atoms. The molecule has 0 aliphatic heterocycles. The molecule has 2 amide bonds. The van der Waals surface area contributed by atoms with Crippen molar-refractivity contribution in [1.29, 1.82) is 0 Å². The van der Waals surface area contributed by atoms with Crippen LogP contribution in [0.3, 0.4) is 0 Å². The number of nitrogens with zero attached hydrogens (tertiary/aromatic N) is 1. The zero-order chi connectivity index (χ0) is 12.7. The first kappa shape index (κ1) is 14.0. The number of nitrogens with one attached hydrogen (secondary N) is 2. The van der Waals surface area contributed by atoms with Gasteiger partial charge in [0.2, 0.25) is 11.8 Å². The fourth-order valence-corrected chi connectivity index (χ4v) is 1.62. The smallest absolute Gasteiger partial charge is 0.239 e. The molecule has 1 fully saturated rings. The van der Waals surface area contributed by atoms with Crippen molar-refractivity contribution < 1.29 is 9.59 Å². The second-order valence-electron chi connectivity index (χ2n) is 4.44. The maximum Gasteiger partial charge on any atom is 0.239 e. The van der Waals surface area contributed by atoms with E-state index >= 15 is 0 Å². The van der Waals surface area contributed by atoms with E-state index < -0.39 is 0 Å². The molecular formula is C12H23N3O2. The third kappa shape index (κ3) is 5.68. The highest BCUT2D eigenvalue weighted by Gasteiger charge is 2.21. The van der Waals surface area contributed by atoms with Crippen molar-refractivity contribution in [1.82, 2.24) is 15.5 Å². The summed E-state index contributed by atoms with van der Waals surface area (Å²) in [7, 11) is 0. The van der Waals surface area contributed by atoms with Crippen molar-refractivity contribution in [2.24, 2.45) is 5.92 Å². The summed E-state index contributed by atoms with van der Waals surface area (Å²) >= 11 is 0. The fraction of sp³-hybridized carbons (Fsp3) is 0.833. The standard InChI is InChI=1S/C12H23N3O2/c1-3-14-11(16)9-15(4-2)12(17)8-13-7-10-5-6-10/h10,13H,3-9H2,1-2H3,(H,14,16). The highest BCUT2D eigenvalue weighted by molar-refractivity contribution is 5.85. The van der Waals surface area contributed by atoms with Gasteiger partial charge in [-0.3, -0.25) is 9.59 Å². The van der Waals surface area contributed by atoms with E-state index in [1.54, 1.807) is 4.90 Å². The van der Waals surface area contributed by atoms with Crippen LogP contribution in [0, 0.1) is 5.92 Å². The average Bonchev–Trinajstić information content (AvgIpc) is 3.10. The fourth-order valence-electron chi connectivity index (χ4n) is 1.62. The maximum atomic E-state index is 11.8. The third-order valence-electron chi connectivity index (χ3n) is 2.85. The minimum atomic E-state index is -0.0927. The highest BCUT2D eigenvalue weighted by Crippen LogP contribution is 2.27. The summed E-state index contributed by atoms with van der Waals surface area (Å²) in [5, 5.41) is 5.84. The molecular weight excluding hydrogens is 218 g/mol. The maximum absolute atomic E-state index is 11.8. The molecule has 5 nitrogen and oxygen atoms in total. The second kappa shape index (κ2) is 7.27. The van der Waals surface area contributed by atoms with Crippen molar-refractivity contribution in [2.45, 2.75) is 26.7 Å². The van der Waals surface area contributed by atoms with E-state index in [1.165, 1.54) is 12.8 Å². The summed E-state index contributed by atoms with van der Waals surface area (Å²) in [5.41, 5.74) is 0. The number of carbonyl (C=O) groups excluding carboxylic acids is 2. The van der Waals surface area contributed by atoms with E-state index in [2.05, 4.69) is 10.6 Å². The summed E-state index contributed by atoms with van der Waals surface area (Å²) in [5.74, 6) is 0.672.